The second-order valence-electron chi connectivity index (χ2n) is 5.28. The van der Waals surface area contributed by atoms with Crippen LogP contribution in [0.2, 0.25) is 5.02 Å². The van der Waals surface area contributed by atoms with Gasteiger partial charge in [0, 0.05) is 39.2 Å². The van der Waals surface area contributed by atoms with Crippen molar-refractivity contribution in [2.24, 2.45) is 5.73 Å². The van der Waals surface area contributed by atoms with Gasteiger partial charge < -0.3 is 15.2 Å². The number of hydrogen-bond acceptors (Lipinski definition) is 4. The molecule has 0 radical (unpaired) electrons. The molecule has 1 aromatic heterocycles. The van der Waals surface area contributed by atoms with Gasteiger partial charge in [0.05, 0.1) is 28.6 Å². The maximum absolute atomic E-state index is 6.47. The van der Waals surface area contributed by atoms with Crippen LogP contribution in [0.1, 0.15) is 44.5 Å². The van der Waals surface area contributed by atoms with E-state index < -0.39 is 5.60 Å². The summed E-state index contributed by atoms with van der Waals surface area (Å²) in [6.07, 6.45) is 3.19. The fourth-order valence-electron chi connectivity index (χ4n) is 2.66. The molecule has 0 spiro atoms. The van der Waals surface area contributed by atoms with Gasteiger partial charge in [0.1, 0.15) is 0 Å². The van der Waals surface area contributed by atoms with Crippen LogP contribution in [0.15, 0.2) is 6.20 Å². The molecule has 1 aromatic rings. The SMILES string of the molecule is COC1(C(N)c2c(Cl)cnn2C(C)C)CCOCC1. The third-order valence-corrected chi connectivity index (χ3v) is 4.17. The summed E-state index contributed by atoms with van der Waals surface area (Å²) in [5, 5.41) is 4.92. The second-order valence-corrected chi connectivity index (χ2v) is 5.68. The Morgan fingerprint density at radius 1 is 1.47 bits per heavy atom. The molecular weight excluding hydrogens is 266 g/mol. The molecule has 1 atom stereocenters. The Bertz CT molecular complexity index is 428. The lowest BCUT2D eigenvalue weighted by Crippen LogP contribution is -2.48. The first-order valence-corrected chi connectivity index (χ1v) is 7.01. The zero-order valence-electron chi connectivity index (χ0n) is 11.7. The molecule has 6 heteroatoms. The zero-order chi connectivity index (χ0) is 14.0. The third kappa shape index (κ3) is 2.65. The Kier molecular flexibility index (Phi) is 4.50. The molecule has 0 aromatic carbocycles. The van der Waals surface area contributed by atoms with Crippen LogP contribution in [0.5, 0.6) is 0 Å². The molecule has 1 aliphatic heterocycles. The average Bonchev–Trinajstić information content (AvgIpc) is 2.80. The number of rotatable bonds is 4. The molecule has 1 saturated heterocycles. The van der Waals surface area contributed by atoms with Crippen LogP contribution in [0.4, 0.5) is 0 Å². The van der Waals surface area contributed by atoms with E-state index in [0.29, 0.717) is 18.2 Å². The van der Waals surface area contributed by atoms with Crippen LogP contribution in [0, 0.1) is 0 Å². The quantitative estimate of drug-likeness (QED) is 0.923. The lowest BCUT2D eigenvalue weighted by atomic mass is 9.84. The van der Waals surface area contributed by atoms with Gasteiger partial charge in [-0.1, -0.05) is 11.6 Å². The second kappa shape index (κ2) is 5.79. The van der Waals surface area contributed by atoms with E-state index in [1.165, 1.54) is 0 Å². The van der Waals surface area contributed by atoms with Gasteiger partial charge in [-0.15, -0.1) is 0 Å². The molecule has 0 aliphatic carbocycles. The van der Waals surface area contributed by atoms with Gasteiger partial charge in [-0.05, 0) is 13.8 Å². The van der Waals surface area contributed by atoms with Crippen molar-refractivity contribution in [2.45, 2.75) is 44.4 Å². The zero-order valence-corrected chi connectivity index (χ0v) is 12.5. The summed E-state index contributed by atoms with van der Waals surface area (Å²) in [7, 11) is 1.70. The van der Waals surface area contributed by atoms with Gasteiger partial charge in [0.2, 0.25) is 0 Å². The van der Waals surface area contributed by atoms with Gasteiger partial charge in [-0.3, -0.25) is 4.68 Å². The molecule has 19 heavy (non-hydrogen) atoms. The van der Waals surface area contributed by atoms with E-state index in [1.54, 1.807) is 13.3 Å². The molecule has 0 bridgehead atoms. The van der Waals surface area contributed by atoms with E-state index in [1.807, 2.05) is 4.68 Å². The van der Waals surface area contributed by atoms with Crippen LogP contribution >= 0.6 is 11.6 Å². The number of hydrogen-bond donors (Lipinski definition) is 1. The van der Waals surface area contributed by atoms with Gasteiger partial charge in [0.15, 0.2) is 0 Å². The summed E-state index contributed by atoms with van der Waals surface area (Å²) < 4.78 is 13.0. The smallest absolute Gasteiger partial charge is 0.0929 e. The minimum atomic E-state index is -0.422. The summed E-state index contributed by atoms with van der Waals surface area (Å²) in [4.78, 5) is 0. The highest BCUT2D eigenvalue weighted by molar-refractivity contribution is 6.31. The molecule has 2 heterocycles. The van der Waals surface area contributed by atoms with Crippen molar-refractivity contribution in [3.63, 3.8) is 0 Å². The lowest BCUT2D eigenvalue weighted by Gasteiger charge is -2.40. The predicted octanol–water partition coefficient (Wildman–Crippen LogP) is 2.31. The van der Waals surface area contributed by atoms with Crippen molar-refractivity contribution in [2.75, 3.05) is 20.3 Å². The van der Waals surface area contributed by atoms with E-state index in [9.17, 15) is 0 Å². The Morgan fingerprint density at radius 2 is 2.11 bits per heavy atom. The number of aromatic nitrogens is 2. The lowest BCUT2D eigenvalue weighted by molar-refractivity contribution is -0.106. The topological polar surface area (TPSA) is 62.3 Å². The fourth-order valence-corrected chi connectivity index (χ4v) is 2.91. The molecule has 0 saturated carbocycles. The number of methoxy groups -OCH3 is 1. The number of nitrogens with zero attached hydrogens (tertiary/aromatic N) is 2. The van der Waals surface area contributed by atoms with Crippen molar-refractivity contribution in [3.8, 4) is 0 Å². The van der Waals surface area contributed by atoms with Crippen molar-refractivity contribution >= 4 is 11.6 Å². The maximum atomic E-state index is 6.47. The van der Waals surface area contributed by atoms with Crippen LogP contribution in [0.3, 0.4) is 0 Å². The van der Waals surface area contributed by atoms with E-state index >= 15 is 0 Å². The van der Waals surface area contributed by atoms with Crippen molar-refractivity contribution < 1.29 is 9.47 Å². The molecule has 0 amide bonds. The highest BCUT2D eigenvalue weighted by atomic mass is 35.5. The summed E-state index contributed by atoms with van der Waals surface area (Å²) in [5.41, 5.74) is 6.90. The number of halogens is 1. The Balaban J connectivity index is 2.36. The summed E-state index contributed by atoms with van der Waals surface area (Å²) in [6.45, 7) is 5.44. The van der Waals surface area contributed by atoms with Gasteiger partial charge >= 0.3 is 0 Å². The predicted molar refractivity (Wildman–Crippen MR) is 74.3 cm³/mol. The fraction of sp³-hybridized carbons (Fsp3) is 0.769. The van der Waals surface area contributed by atoms with Crippen LogP contribution in [-0.2, 0) is 9.47 Å². The molecular formula is C13H22ClN3O2. The van der Waals surface area contributed by atoms with Crippen molar-refractivity contribution in [1.82, 2.24) is 9.78 Å². The summed E-state index contributed by atoms with van der Waals surface area (Å²) in [5.74, 6) is 0. The third-order valence-electron chi connectivity index (χ3n) is 3.88. The highest BCUT2D eigenvalue weighted by Gasteiger charge is 2.42. The van der Waals surface area contributed by atoms with E-state index in [2.05, 4.69) is 18.9 Å². The van der Waals surface area contributed by atoms with Gasteiger partial charge in [0.25, 0.3) is 0 Å². The van der Waals surface area contributed by atoms with Crippen LogP contribution < -0.4 is 5.73 Å². The Morgan fingerprint density at radius 3 is 2.63 bits per heavy atom. The number of nitrogens with two attached hydrogens (primary N) is 1. The average molecular weight is 288 g/mol. The molecule has 1 unspecified atom stereocenters. The minimum Gasteiger partial charge on any atom is -0.381 e. The normalized spacial score (nSPS) is 20.7. The van der Waals surface area contributed by atoms with E-state index in [-0.39, 0.29) is 12.1 Å². The van der Waals surface area contributed by atoms with E-state index in [4.69, 9.17) is 26.8 Å². The van der Waals surface area contributed by atoms with Crippen molar-refractivity contribution in [3.05, 3.63) is 16.9 Å². The monoisotopic (exact) mass is 287 g/mol. The molecule has 5 nitrogen and oxygen atoms in total. The first-order valence-electron chi connectivity index (χ1n) is 6.63. The van der Waals surface area contributed by atoms with E-state index in [0.717, 1.165) is 18.5 Å². The highest BCUT2D eigenvalue weighted by Crippen LogP contribution is 2.38. The summed E-state index contributed by atoms with van der Waals surface area (Å²) >= 11 is 6.27. The van der Waals surface area contributed by atoms with Gasteiger partial charge in [-0.2, -0.15) is 5.10 Å². The largest absolute Gasteiger partial charge is 0.381 e. The molecule has 1 fully saturated rings. The first kappa shape index (κ1) is 14.8. The molecule has 2 N–H and O–H groups in total. The van der Waals surface area contributed by atoms with Gasteiger partial charge in [-0.25, -0.2) is 0 Å². The standard InChI is InChI=1S/C13H22ClN3O2/c1-9(2)17-11(10(14)8-16-17)12(15)13(18-3)4-6-19-7-5-13/h8-9,12H,4-7,15H2,1-3H3. The van der Waals surface area contributed by atoms with Crippen LogP contribution in [-0.4, -0.2) is 35.7 Å². The maximum Gasteiger partial charge on any atom is 0.0929 e. The minimum absolute atomic E-state index is 0.210. The van der Waals surface area contributed by atoms with Crippen molar-refractivity contribution in [1.29, 1.82) is 0 Å². The molecule has 2 rings (SSSR count). The molecule has 108 valence electrons. The first-order chi connectivity index (χ1) is 9.02. The Labute approximate surface area is 119 Å². The Hall–Kier alpha value is -0.620. The van der Waals surface area contributed by atoms with Crippen LogP contribution in [0.25, 0.3) is 0 Å². The number of ether oxygens (including phenoxy) is 2. The molecule has 1 aliphatic rings. The summed E-state index contributed by atoms with van der Waals surface area (Å²) in [6, 6.07) is -0.0962.